The van der Waals surface area contributed by atoms with Crippen LogP contribution in [0.1, 0.15) is 16.1 Å². The van der Waals surface area contributed by atoms with Crippen molar-refractivity contribution in [3.63, 3.8) is 0 Å². The molecule has 0 aliphatic carbocycles. The number of halogens is 2. The number of pyridine rings is 1. The molecule has 0 aliphatic rings. The Morgan fingerprint density at radius 1 is 1.04 bits per heavy atom. The van der Waals surface area contributed by atoms with E-state index in [1.165, 1.54) is 4.46 Å². The molecule has 0 saturated carbocycles. The Labute approximate surface area is 168 Å². The van der Waals surface area contributed by atoms with Gasteiger partial charge in [0.05, 0.1) is 0 Å². The van der Waals surface area contributed by atoms with Gasteiger partial charge in [0.25, 0.3) is 0 Å². The molecule has 0 radical (unpaired) electrons. The molecule has 3 aromatic rings. The maximum atomic E-state index is 12.1. The van der Waals surface area contributed by atoms with Crippen LogP contribution >= 0.6 is 23.2 Å². The van der Waals surface area contributed by atoms with E-state index in [2.05, 4.69) is 22.4 Å². The fourth-order valence-corrected chi connectivity index (χ4v) is 5.52. The molecule has 1 heterocycles. The predicted octanol–water partition coefficient (Wildman–Crippen LogP) is 3.02. The summed E-state index contributed by atoms with van der Waals surface area (Å²) in [5.41, 5.74) is 1.43. The number of hydrogen-bond donors (Lipinski definition) is 1. The van der Waals surface area contributed by atoms with Gasteiger partial charge in [0, 0.05) is 0 Å². The summed E-state index contributed by atoms with van der Waals surface area (Å²) < 4.78 is 2.38. The van der Waals surface area contributed by atoms with E-state index < -0.39 is 0 Å². The number of rotatable bonds is 6. The molecule has 1 aromatic heterocycles. The molecule has 1 N–H and O–H groups in total. The fraction of sp³-hybridized carbons (Fsp3) is 0.100. The Morgan fingerprint density at radius 2 is 1.81 bits per heavy atom. The van der Waals surface area contributed by atoms with Gasteiger partial charge in [0.15, 0.2) is 0 Å². The van der Waals surface area contributed by atoms with Crippen LogP contribution in [0.2, 0.25) is 10.0 Å². The summed E-state index contributed by atoms with van der Waals surface area (Å²) >= 11 is 12.7. The summed E-state index contributed by atoms with van der Waals surface area (Å²) in [6.07, 6.45) is 2.24. The van der Waals surface area contributed by atoms with Crippen molar-refractivity contribution in [3.8, 4) is 0 Å². The van der Waals surface area contributed by atoms with E-state index in [0.29, 0.717) is 28.7 Å². The molecule has 132 valence electrons. The van der Waals surface area contributed by atoms with Crippen LogP contribution < -0.4 is 14.2 Å². The molecule has 6 heteroatoms. The second-order valence-corrected chi connectivity index (χ2v) is 8.68. The van der Waals surface area contributed by atoms with E-state index in [4.69, 9.17) is 23.2 Å². The van der Waals surface area contributed by atoms with E-state index in [1.807, 2.05) is 24.3 Å². The van der Waals surface area contributed by atoms with Crippen molar-refractivity contribution in [2.24, 2.45) is 0 Å². The number of nitrogens with zero attached hydrogens (tertiary/aromatic N) is 1. The van der Waals surface area contributed by atoms with Gasteiger partial charge in [-0.05, 0) is 0 Å². The average Bonchev–Trinajstić information content (AvgIpc) is 2.65. The molecule has 0 atom stereocenters. The molecule has 0 saturated heterocycles. The SMILES string of the molecule is O=C(NCCc1c(Cl)cc(Cl)cc1[Se]c1ccccc1)c1ccccn1. The first kappa shape index (κ1) is 18.9. The van der Waals surface area contributed by atoms with Gasteiger partial charge in [0.1, 0.15) is 0 Å². The van der Waals surface area contributed by atoms with Crippen molar-refractivity contribution in [3.05, 3.63) is 88.2 Å². The second kappa shape index (κ2) is 9.20. The van der Waals surface area contributed by atoms with E-state index >= 15 is 0 Å². The molecule has 0 unspecified atom stereocenters. The van der Waals surface area contributed by atoms with E-state index in [1.54, 1.807) is 30.5 Å². The zero-order valence-corrected chi connectivity index (χ0v) is 17.0. The fourth-order valence-electron chi connectivity index (χ4n) is 2.42. The summed E-state index contributed by atoms with van der Waals surface area (Å²) in [4.78, 5) is 16.2. The van der Waals surface area contributed by atoms with Gasteiger partial charge in [-0.3, -0.25) is 0 Å². The molecule has 26 heavy (non-hydrogen) atoms. The number of aromatic nitrogens is 1. The van der Waals surface area contributed by atoms with Crippen LogP contribution in [0, 0.1) is 0 Å². The van der Waals surface area contributed by atoms with Crippen LogP contribution in [0.25, 0.3) is 0 Å². The summed E-state index contributed by atoms with van der Waals surface area (Å²) in [7, 11) is 0. The standard InChI is InChI=1S/C20H16Cl2N2OSe/c21-14-12-17(22)16(19(13-14)26-15-6-2-1-3-7-15)9-11-24-20(25)18-8-4-5-10-23-18/h1-8,10,12-13H,9,11H2,(H,24,25). The third-order valence-corrected chi connectivity index (χ3v) is 6.50. The van der Waals surface area contributed by atoms with Gasteiger partial charge in [-0.15, -0.1) is 0 Å². The third kappa shape index (κ3) is 5.09. The van der Waals surface area contributed by atoms with Gasteiger partial charge in [-0.2, -0.15) is 0 Å². The number of benzene rings is 2. The molecule has 1 amide bonds. The molecule has 3 rings (SSSR count). The molecule has 2 aromatic carbocycles. The minimum atomic E-state index is -0.189. The second-order valence-electron chi connectivity index (χ2n) is 5.50. The number of carbonyl (C=O) groups is 1. The molecule has 0 bridgehead atoms. The van der Waals surface area contributed by atoms with Gasteiger partial charge < -0.3 is 0 Å². The van der Waals surface area contributed by atoms with Gasteiger partial charge >= 0.3 is 169 Å². The van der Waals surface area contributed by atoms with E-state index in [0.717, 1.165) is 10.0 Å². The van der Waals surface area contributed by atoms with Crippen molar-refractivity contribution in [2.45, 2.75) is 6.42 Å². The predicted molar refractivity (Wildman–Crippen MR) is 108 cm³/mol. The summed E-state index contributed by atoms with van der Waals surface area (Å²) in [5.74, 6) is -0.189. The van der Waals surface area contributed by atoms with Crippen molar-refractivity contribution in [1.82, 2.24) is 10.3 Å². The minimum absolute atomic E-state index is 0.0934. The van der Waals surface area contributed by atoms with Gasteiger partial charge in [-0.1, -0.05) is 0 Å². The maximum absolute atomic E-state index is 12.1. The van der Waals surface area contributed by atoms with Gasteiger partial charge in [-0.25, -0.2) is 0 Å². The molecule has 0 aliphatic heterocycles. The third-order valence-electron chi connectivity index (χ3n) is 3.65. The average molecular weight is 450 g/mol. The first-order chi connectivity index (χ1) is 12.6. The van der Waals surface area contributed by atoms with Crippen LogP contribution in [-0.2, 0) is 6.42 Å². The summed E-state index contributed by atoms with van der Waals surface area (Å²) in [6, 6.07) is 19.2. The van der Waals surface area contributed by atoms with Crippen LogP contribution in [-0.4, -0.2) is 32.4 Å². The first-order valence-corrected chi connectivity index (χ1v) is 10.5. The van der Waals surface area contributed by atoms with Crippen LogP contribution in [0.4, 0.5) is 0 Å². The van der Waals surface area contributed by atoms with Gasteiger partial charge in [0.2, 0.25) is 0 Å². The quantitative estimate of drug-likeness (QED) is 0.587. The van der Waals surface area contributed by atoms with Crippen molar-refractivity contribution >= 4 is 53.0 Å². The Bertz CT molecular complexity index is 889. The van der Waals surface area contributed by atoms with E-state index in [-0.39, 0.29) is 20.9 Å². The Hall–Kier alpha value is -1.84. The number of carbonyl (C=O) groups excluding carboxylic acids is 1. The first-order valence-electron chi connectivity index (χ1n) is 8.03. The Balaban J connectivity index is 1.71. The number of amides is 1. The van der Waals surface area contributed by atoms with Crippen molar-refractivity contribution < 1.29 is 4.79 Å². The van der Waals surface area contributed by atoms with Crippen LogP contribution in [0.3, 0.4) is 0 Å². The zero-order chi connectivity index (χ0) is 18.4. The Morgan fingerprint density at radius 3 is 2.54 bits per heavy atom. The molecule has 0 spiro atoms. The molecule has 3 nitrogen and oxygen atoms in total. The van der Waals surface area contributed by atoms with Crippen molar-refractivity contribution in [2.75, 3.05) is 6.54 Å². The summed E-state index contributed by atoms with van der Waals surface area (Å²) in [5, 5.41) is 4.16. The van der Waals surface area contributed by atoms with Crippen molar-refractivity contribution in [1.29, 1.82) is 0 Å². The number of nitrogens with one attached hydrogen (secondary N) is 1. The molecule has 0 fully saturated rings. The Kier molecular flexibility index (Phi) is 6.70. The normalized spacial score (nSPS) is 10.5. The van der Waals surface area contributed by atoms with E-state index in [9.17, 15) is 4.79 Å². The zero-order valence-electron chi connectivity index (χ0n) is 13.8. The summed E-state index contributed by atoms with van der Waals surface area (Å²) in [6.45, 7) is 0.481. The molecular weight excluding hydrogens is 434 g/mol. The molecular formula is C20H16Cl2N2OSe. The van der Waals surface area contributed by atoms with Crippen LogP contribution in [0.15, 0.2) is 66.9 Å². The van der Waals surface area contributed by atoms with Crippen LogP contribution in [0.5, 0.6) is 0 Å². The number of hydrogen-bond acceptors (Lipinski definition) is 2. The monoisotopic (exact) mass is 450 g/mol. The topological polar surface area (TPSA) is 42.0 Å².